The summed E-state index contributed by atoms with van der Waals surface area (Å²) in [5.41, 5.74) is -0.198. The van der Waals surface area contributed by atoms with Crippen LogP contribution in [0.15, 0.2) is 33.9 Å². The van der Waals surface area contributed by atoms with Crippen molar-refractivity contribution in [2.75, 3.05) is 4.72 Å². The number of ether oxygens (including phenoxy) is 2. The highest BCUT2D eigenvalue weighted by Gasteiger charge is 2.43. The predicted molar refractivity (Wildman–Crippen MR) is 74.7 cm³/mol. The fraction of sp³-hybridized carbons (Fsp3) is 0.0833. The molecule has 1 aliphatic heterocycles. The molecule has 122 valence electrons. The number of rotatable bonds is 4. The molecule has 0 saturated heterocycles. The van der Waals surface area contributed by atoms with Crippen LogP contribution in [0, 0.1) is 0 Å². The molecule has 3 rings (SSSR count). The quantitative estimate of drug-likeness (QED) is 0.866. The van der Waals surface area contributed by atoms with Crippen molar-refractivity contribution in [1.29, 1.82) is 0 Å². The molecule has 1 aliphatic rings. The second-order valence-corrected chi connectivity index (χ2v) is 7.21. The van der Waals surface area contributed by atoms with Crippen LogP contribution in [0.1, 0.15) is 10.4 Å². The van der Waals surface area contributed by atoms with Crippen LogP contribution in [-0.2, 0) is 10.0 Å². The Morgan fingerprint density at radius 2 is 1.91 bits per heavy atom. The molecule has 0 aliphatic carbocycles. The second kappa shape index (κ2) is 5.06. The number of carbonyl (C=O) groups is 1. The van der Waals surface area contributed by atoms with Gasteiger partial charge in [-0.15, -0.1) is 20.1 Å². The van der Waals surface area contributed by atoms with E-state index in [0.717, 1.165) is 29.5 Å². The van der Waals surface area contributed by atoms with Crippen molar-refractivity contribution in [2.45, 2.75) is 10.5 Å². The number of thiophene rings is 1. The van der Waals surface area contributed by atoms with Gasteiger partial charge in [0.15, 0.2) is 11.5 Å². The minimum Gasteiger partial charge on any atom is -0.478 e. The highest BCUT2D eigenvalue weighted by Crippen LogP contribution is 2.42. The molecule has 11 heteroatoms. The number of carboxylic acids is 1. The lowest BCUT2D eigenvalue weighted by molar-refractivity contribution is -0.286. The van der Waals surface area contributed by atoms with Gasteiger partial charge >= 0.3 is 12.3 Å². The molecule has 0 spiro atoms. The molecule has 7 nitrogen and oxygen atoms in total. The lowest BCUT2D eigenvalue weighted by Gasteiger charge is -2.06. The molecule has 1 aromatic heterocycles. The van der Waals surface area contributed by atoms with Crippen LogP contribution in [0.3, 0.4) is 0 Å². The second-order valence-electron chi connectivity index (χ2n) is 4.39. The van der Waals surface area contributed by atoms with Gasteiger partial charge in [-0.3, -0.25) is 4.72 Å². The van der Waals surface area contributed by atoms with Gasteiger partial charge in [-0.2, -0.15) is 0 Å². The molecule has 2 aromatic rings. The molecule has 1 aromatic carbocycles. The first-order chi connectivity index (χ1) is 10.7. The fourth-order valence-electron chi connectivity index (χ4n) is 1.79. The van der Waals surface area contributed by atoms with Gasteiger partial charge in [-0.25, -0.2) is 13.2 Å². The molecule has 0 fully saturated rings. The molecule has 2 heterocycles. The number of hydrogen-bond acceptors (Lipinski definition) is 6. The van der Waals surface area contributed by atoms with E-state index >= 15 is 0 Å². The third kappa shape index (κ3) is 3.05. The Balaban J connectivity index is 1.85. The van der Waals surface area contributed by atoms with E-state index in [-0.39, 0.29) is 27.0 Å². The number of sulfonamides is 1. The van der Waals surface area contributed by atoms with E-state index in [2.05, 4.69) is 14.2 Å². The Morgan fingerprint density at radius 3 is 2.57 bits per heavy atom. The first kappa shape index (κ1) is 15.5. The Morgan fingerprint density at radius 1 is 1.22 bits per heavy atom. The topological polar surface area (TPSA) is 102 Å². The average Bonchev–Trinajstić information content (AvgIpc) is 3.00. The summed E-state index contributed by atoms with van der Waals surface area (Å²) in [5.74, 6) is -1.79. The van der Waals surface area contributed by atoms with E-state index < -0.39 is 22.3 Å². The van der Waals surface area contributed by atoms with E-state index in [1.165, 1.54) is 11.4 Å². The first-order valence-electron chi connectivity index (χ1n) is 5.91. The summed E-state index contributed by atoms with van der Waals surface area (Å²) in [4.78, 5) is 10.8. The van der Waals surface area contributed by atoms with Gasteiger partial charge in [0, 0.05) is 11.4 Å². The molecule has 0 radical (unpaired) electrons. The van der Waals surface area contributed by atoms with E-state index in [9.17, 15) is 22.0 Å². The number of fused-ring (bicyclic) bond motifs is 1. The number of alkyl halides is 2. The summed E-state index contributed by atoms with van der Waals surface area (Å²) in [5, 5.41) is 9.98. The van der Waals surface area contributed by atoms with Gasteiger partial charge in [-0.1, -0.05) is 0 Å². The SMILES string of the molecule is O=C(O)c1csc(S(=O)(=O)Nc2ccc3c(c2)OC(F)(F)O3)c1. The van der Waals surface area contributed by atoms with E-state index in [1.54, 1.807) is 0 Å². The van der Waals surface area contributed by atoms with Crippen LogP contribution in [0.4, 0.5) is 14.5 Å². The number of hydrogen-bond donors (Lipinski definition) is 2. The van der Waals surface area contributed by atoms with Crippen LogP contribution < -0.4 is 14.2 Å². The lowest BCUT2D eigenvalue weighted by atomic mass is 10.3. The summed E-state index contributed by atoms with van der Waals surface area (Å²) in [6.07, 6.45) is -3.80. The Kier molecular flexibility index (Phi) is 3.41. The van der Waals surface area contributed by atoms with Crippen molar-refractivity contribution >= 4 is 33.0 Å². The average molecular weight is 363 g/mol. The molecular formula is C12H7F2NO6S2. The molecule has 0 unspecified atom stereocenters. The standard InChI is InChI=1S/C12H7F2NO6S2/c13-12(14)20-8-2-1-7(4-9(8)21-12)15-23(18,19)10-3-6(5-22-10)11(16)17/h1-5,15H,(H,16,17). The lowest BCUT2D eigenvalue weighted by Crippen LogP contribution is -2.25. The highest BCUT2D eigenvalue weighted by atomic mass is 32.2. The van der Waals surface area contributed by atoms with Crippen molar-refractivity contribution < 1.29 is 36.6 Å². The van der Waals surface area contributed by atoms with Crippen LogP contribution in [0.25, 0.3) is 0 Å². The first-order valence-corrected chi connectivity index (χ1v) is 8.27. The Labute approximate surface area is 132 Å². The zero-order valence-corrected chi connectivity index (χ0v) is 12.6. The van der Waals surface area contributed by atoms with Gasteiger partial charge in [0.1, 0.15) is 4.21 Å². The van der Waals surface area contributed by atoms with Gasteiger partial charge in [-0.05, 0) is 18.2 Å². The molecule has 2 N–H and O–H groups in total. The normalized spacial score (nSPS) is 15.4. The maximum absolute atomic E-state index is 12.9. The maximum atomic E-state index is 12.9. The summed E-state index contributed by atoms with van der Waals surface area (Å²) in [6.45, 7) is 0. The van der Waals surface area contributed by atoms with Crippen LogP contribution in [0.2, 0.25) is 0 Å². The molecular weight excluding hydrogens is 356 g/mol. The number of nitrogens with one attached hydrogen (secondary N) is 1. The zero-order chi connectivity index (χ0) is 16.8. The Bertz CT molecular complexity index is 893. The van der Waals surface area contributed by atoms with Crippen LogP contribution >= 0.6 is 11.3 Å². The van der Waals surface area contributed by atoms with Gasteiger partial charge in [0.25, 0.3) is 10.0 Å². The van der Waals surface area contributed by atoms with Gasteiger partial charge < -0.3 is 14.6 Å². The summed E-state index contributed by atoms with van der Waals surface area (Å²) < 4.78 is 60.5. The molecule has 23 heavy (non-hydrogen) atoms. The third-order valence-corrected chi connectivity index (χ3v) is 5.56. The summed E-state index contributed by atoms with van der Waals surface area (Å²) >= 11 is 0.722. The van der Waals surface area contributed by atoms with Crippen molar-refractivity contribution in [1.82, 2.24) is 0 Å². The van der Waals surface area contributed by atoms with E-state index in [0.29, 0.717) is 0 Å². The smallest absolute Gasteiger partial charge is 0.478 e. The van der Waals surface area contributed by atoms with E-state index in [4.69, 9.17) is 5.11 Å². The maximum Gasteiger partial charge on any atom is 0.586 e. The van der Waals surface area contributed by atoms with Crippen LogP contribution in [0.5, 0.6) is 11.5 Å². The minimum absolute atomic E-state index is 0.0321. The van der Waals surface area contributed by atoms with Crippen molar-refractivity contribution in [3.8, 4) is 11.5 Å². The number of carboxylic acid groups (broad SMARTS) is 1. The zero-order valence-electron chi connectivity index (χ0n) is 10.9. The van der Waals surface area contributed by atoms with Crippen LogP contribution in [-0.4, -0.2) is 25.8 Å². The highest BCUT2D eigenvalue weighted by molar-refractivity contribution is 7.94. The minimum atomic E-state index is -4.05. The molecule has 0 bridgehead atoms. The molecule has 0 amide bonds. The number of anilines is 1. The molecule has 0 saturated carbocycles. The largest absolute Gasteiger partial charge is 0.586 e. The van der Waals surface area contributed by atoms with Crippen molar-refractivity contribution in [3.63, 3.8) is 0 Å². The van der Waals surface area contributed by atoms with Gasteiger partial charge in [0.05, 0.1) is 11.3 Å². The van der Waals surface area contributed by atoms with Gasteiger partial charge in [0.2, 0.25) is 0 Å². The van der Waals surface area contributed by atoms with Crippen molar-refractivity contribution in [3.05, 3.63) is 35.2 Å². The molecule has 0 atom stereocenters. The summed E-state index contributed by atoms with van der Waals surface area (Å²) in [6, 6.07) is 4.38. The fourth-order valence-corrected chi connectivity index (χ4v) is 3.99. The monoisotopic (exact) mass is 363 g/mol. The third-order valence-electron chi connectivity index (χ3n) is 2.74. The number of aromatic carboxylic acids is 1. The summed E-state index contributed by atoms with van der Waals surface area (Å²) in [7, 11) is -4.05. The number of benzene rings is 1. The predicted octanol–water partition coefficient (Wildman–Crippen LogP) is 2.57. The van der Waals surface area contributed by atoms with Crippen molar-refractivity contribution in [2.24, 2.45) is 0 Å². The van der Waals surface area contributed by atoms with E-state index in [1.807, 2.05) is 0 Å². The number of halogens is 2. The Hall–Kier alpha value is -2.40.